The number of aromatic nitrogens is 4. The molecule has 4 aromatic heterocycles. The molecule has 0 radical (unpaired) electrons. The van der Waals surface area contributed by atoms with Gasteiger partial charge in [0, 0.05) is 117 Å². The molecule has 17 heteroatoms. The number of hydrogen-bond acceptors (Lipinski definition) is 14. The number of likely N-dealkylation sites (N-methyl/N-ethyl adjacent to an activating group) is 1. The minimum Gasteiger partial charge on any atom is -0.464 e. The van der Waals surface area contributed by atoms with Gasteiger partial charge in [-0.2, -0.15) is 0 Å². The molecule has 3 aliphatic carbocycles. The van der Waals surface area contributed by atoms with E-state index in [4.69, 9.17) is 24.2 Å². The molecule has 16 nitrogen and oxygen atoms in total. The van der Waals surface area contributed by atoms with Crippen LogP contribution in [0.3, 0.4) is 0 Å². The van der Waals surface area contributed by atoms with Gasteiger partial charge in [-0.25, -0.2) is 10.4 Å². The van der Waals surface area contributed by atoms with Crippen molar-refractivity contribution in [3.05, 3.63) is 82.2 Å². The first-order valence-corrected chi connectivity index (χ1v) is 28.5. The zero-order valence-corrected chi connectivity index (χ0v) is 46.0. The molecule has 5 aromatic rings. The van der Waals surface area contributed by atoms with Gasteiger partial charge in [0.25, 0.3) is 5.91 Å². The van der Waals surface area contributed by atoms with Crippen molar-refractivity contribution in [1.29, 1.82) is 0 Å². The van der Waals surface area contributed by atoms with Gasteiger partial charge in [0.15, 0.2) is 0 Å². The maximum Gasteiger partial charge on any atom is 0.324 e. The van der Waals surface area contributed by atoms with Crippen LogP contribution in [0, 0.1) is 11.3 Å². The molecule has 2 saturated carbocycles. The van der Waals surface area contributed by atoms with E-state index in [1.807, 2.05) is 37.6 Å². The van der Waals surface area contributed by atoms with E-state index in [0.29, 0.717) is 19.4 Å². The summed E-state index contributed by atoms with van der Waals surface area (Å²) in [5.74, 6) is -1.27. The number of fused-ring (bicyclic) bond motifs is 8. The van der Waals surface area contributed by atoms with Crippen LogP contribution in [0.5, 0.6) is 0 Å². The van der Waals surface area contributed by atoms with Gasteiger partial charge in [0.05, 0.1) is 52.3 Å². The van der Waals surface area contributed by atoms with Crippen LogP contribution in [0.4, 0.5) is 5.69 Å². The van der Waals surface area contributed by atoms with Gasteiger partial charge in [-0.05, 0) is 107 Å². The summed E-state index contributed by atoms with van der Waals surface area (Å²) in [7, 11) is 5.56. The van der Waals surface area contributed by atoms with E-state index in [-0.39, 0.29) is 42.7 Å². The van der Waals surface area contributed by atoms with Gasteiger partial charge in [-0.15, -0.1) is 11.3 Å². The Morgan fingerprint density at radius 3 is 2.48 bits per heavy atom. The number of rotatable bonds is 11. The van der Waals surface area contributed by atoms with Crippen LogP contribution < -0.4 is 15.6 Å². The summed E-state index contributed by atoms with van der Waals surface area (Å²) in [6.07, 6.45) is 10.5. The maximum absolute atomic E-state index is 14.9. The normalized spacial score (nSPS) is 26.8. The number of aryl methyl sites for hydroxylation is 1. The quantitative estimate of drug-likeness (QED) is 0.123. The van der Waals surface area contributed by atoms with Crippen molar-refractivity contribution < 1.29 is 28.6 Å². The number of carbonyl (C=O) groups excluding carboxylic acids is 3. The number of hydrazine groups is 1. The molecule has 1 aromatic carbocycles. The van der Waals surface area contributed by atoms with Crippen molar-refractivity contribution in [2.75, 3.05) is 65.5 Å². The molecular formula is C58H76N10O6S. The summed E-state index contributed by atoms with van der Waals surface area (Å²) < 4.78 is 21.6. The Hall–Kier alpha value is -5.30. The van der Waals surface area contributed by atoms with Crippen molar-refractivity contribution in [3.63, 3.8) is 0 Å². The molecule has 7 heterocycles. The van der Waals surface area contributed by atoms with Gasteiger partial charge in [0.1, 0.15) is 23.8 Å². The van der Waals surface area contributed by atoms with Gasteiger partial charge in [0.2, 0.25) is 5.91 Å². The third-order valence-corrected chi connectivity index (χ3v) is 18.5. The molecule has 11 rings (SSSR count). The van der Waals surface area contributed by atoms with E-state index < -0.39 is 41.2 Å². The molecule has 2 amide bonds. The Labute approximate surface area is 445 Å². The molecule has 5 atom stereocenters. The number of nitrogens with one attached hydrogen (secondary N) is 2. The standard InChI is InChI=1S/C58H76N10O6S/c1-9-67-45-18-15-36-29-40(45)48-49(53(72-7)50-41(52(48)67)30-39(32-60-50)66-27-25-65(26-28-66)38-16-17-38)57(4,5)34-74-56(71)42-13-12-24-68(63-42)55(70)43(31-47-61-44(36)33-75-47)62-54(69)51(35(2)3)64(6)37-19-21-58(73-8,22-20-37)46-14-10-11-23-59-46/h10-11,14-15,18,23,29-30,32-33,35,37-38,42-43,49,51,53,63H,9,12-13,16-17,19-22,24-28,31,34H2,1-8H3,(H,62,69)/t37?,42-,43-,49?,51-,53-,58?/m0/s1. The minimum atomic E-state index is -0.955. The van der Waals surface area contributed by atoms with Crippen molar-refractivity contribution in [2.45, 2.75) is 147 Å². The Morgan fingerprint density at radius 2 is 1.79 bits per heavy atom. The number of cyclic esters (lactones) is 1. The van der Waals surface area contributed by atoms with Gasteiger partial charge in [-0.1, -0.05) is 39.8 Å². The fourth-order valence-corrected chi connectivity index (χ4v) is 14.3. The van der Waals surface area contributed by atoms with Crippen LogP contribution in [0.1, 0.15) is 120 Å². The molecule has 2 saturated heterocycles. The van der Waals surface area contributed by atoms with Crippen LogP contribution >= 0.6 is 11.3 Å². The predicted octanol–water partition coefficient (Wildman–Crippen LogP) is 7.86. The van der Waals surface area contributed by atoms with Crippen molar-refractivity contribution >= 4 is 45.7 Å². The van der Waals surface area contributed by atoms with E-state index in [1.54, 1.807) is 14.2 Å². The highest BCUT2D eigenvalue weighted by Crippen LogP contribution is 2.57. The first kappa shape index (κ1) is 51.8. The summed E-state index contributed by atoms with van der Waals surface area (Å²) in [5, 5.41) is 8.65. The Balaban J connectivity index is 0.936. The fourth-order valence-electron chi connectivity index (χ4n) is 13.4. The van der Waals surface area contributed by atoms with Crippen LogP contribution in [0.15, 0.2) is 60.2 Å². The number of hydrogen-bond donors (Lipinski definition) is 2. The number of methoxy groups -OCH3 is 2. The maximum atomic E-state index is 14.9. The first-order valence-electron chi connectivity index (χ1n) is 27.6. The van der Waals surface area contributed by atoms with Crippen LogP contribution in [-0.2, 0) is 47.2 Å². The van der Waals surface area contributed by atoms with E-state index in [1.165, 1.54) is 29.2 Å². The summed E-state index contributed by atoms with van der Waals surface area (Å²) in [5.41, 5.74) is 11.3. The Morgan fingerprint density at radius 1 is 1.00 bits per heavy atom. The molecule has 6 aliphatic rings. The summed E-state index contributed by atoms with van der Waals surface area (Å²) >= 11 is 1.49. The van der Waals surface area contributed by atoms with Gasteiger partial charge < -0.3 is 29.0 Å². The molecule has 3 aliphatic heterocycles. The minimum absolute atomic E-state index is 0.0567. The number of carbonyl (C=O) groups is 3. The number of anilines is 1. The third-order valence-electron chi connectivity index (χ3n) is 17.7. The van der Waals surface area contributed by atoms with Gasteiger partial charge in [-0.3, -0.25) is 39.2 Å². The van der Waals surface area contributed by atoms with Gasteiger partial charge >= 0.3 is 5.97 Å². The zero-order valence-electron chi connectivity index (χ0n) is 45.1. The lowest BCUT2D eigenvalue weighted by atomic mass is 9.67. The highest BCUT2D eigenvalue weighted by molar-refractivity contribution is 7.10. The Kier molecular flexibility index (Phi) is 14.4. The lowest BCUT2D eigenvalue weighted by molar-refractivity contribution is -0.156. The first-order chi connectivity index (χ1) is 36.2. The second-order valence-corrected chi connectivity index (χ2v) is 24.0. The summed E-state index contributed by atoms with van der Waals surface area (Å²) in [6, 6.07) is 13.5. The third kappa shape index (κ3) is 9.68. The van der Waals surface area contributed by atoms with Crippen molar-refractivity contribution in [2.24, 2.45) is 11.3 Å². The second kappa shape index (κ2) is 20.9. The summed E-state index contributed by atoms with van der Waals surface area (Å²) in [6.45, 7) is 15.9. The second-order valence-electron chi connectivity index (χ2n) is 23.1. The zero-order chi connectivity index (χ0) is 52.3. The number of piperazine rings is 1. The van der Waals surface area contributed by atoms with E-state index >= 15 is 0 Å². The average molecular weight is 1040 g/mol. The highest BCUT2D eigenvalue weighted by atomic mass is 32.1. The monoisotopic (exact) mass is 1040 g/mol. The van der Waals surface area contributed by atoms with E-state index in [0.717, 1.165) is 126 Å². The molecule has 1 unspecified atom stereocenters. The number of nitrogens with zero attached hydrogens (tertiary/aromatic N) is 8. The number of amides is 2. The molecule has 75 heavy (non-hydrogen) atoms. The molecule has 400 valence electrons. The molecule has 0 spiro atoms. The highest BCUT2D eigenvalue weighted by Gasteiger charge is 2.49. The van der Waals surface area contributed by atoms with Crippen LogP contribution in [0.25, 0.3) is 33.4 Å². The van der Waals surface area contributed by atoms with Crippen molar-refractivity contribution in [1.82, 2.24) is 45.1 Å². The SMILES string of the molecule is CCn1c2c3c4cc(ccc41)-c1csc(n1)C[C@H](NC(=O)[C@H](C(C)C)N(C)C1CCC(OC)(c4ccccn4)CC1)C(=O)N1CCC[C@H](N1)C(=O)OCC(C)(C)C3[C@H](OC)c1ncc(N3CCN(C4CC4)CC3)cc1-2. The molecular weight excluding hydrogens is 965 g/mol. The average Bonchev–Trinajstić information content (AvgIpc) is 4.13. The number of thiazole rings is 1. The lowest BCUT2D eigenvalue weighted by Crippen LogP contribution is -2.62. The number of benzene rings is 1. The van der Waals surface area contributed by atoms with E-state index in [9.17, 15) is 14.4 Å². The predicted molar refractivity (Wildman–Crippen MR) is 291 cm³/mol. The fraction of sp³-hybridized carbons (Fsp3) is 0.586. The van der Waals surface area contributed by atoms with E-state index in [2.05, 4.69) is 99.3 Å². The largest absolute Gasteiger partial charge is 0.464 e. The smallest absolute Gasteiger partial charge is 0.324 e. The van der Waals surface area contributed by atoms with Crippen LogP contribution in [-0.4, -0.2) is 143 Å². The molecule has 6 bridgehead atoms. The lowest BCUT2D eigenvalue weighted by Gasteiger charge is -2.44. The number of esters is 1. The Bertz CT molecular complexity index is 2900. The van der Waals surface area contributed by atoms with Crippen LogP contribution in [0.2, 0.25) is 0 Å². The number of pyridine rings is 2. The topological polar surface area (TPSA) is 160 Å². The number of ether oxygens (including phenoxy) is 3. The molecule has 2 N–H and O–H groups in total. The summed E-state index contributed by atoms with van der Waals surface area (Å²) in [4.78, 5) is 66.7. The van der Waals surface area contributed by atoms with Crippen molar-refractivity contribution in [3.8, 4) is 22.5 Å². The molecule has 4 fully saturated rings.